The average Bonchev–Trinajstić information content (AvgIpc) is 3.39. The average molecular weight is 539 g/mol. The SMILES string of the molecule is c1ccc(N(c2ccccc2)c2nc3c(c(N(c4ccccc4)c4ccccc4)n2)-c2cccc4cccc-3c24)cc1. The van der Waals surface area contributed by atoms with Gasteiger partial charge in [0.05, 0.1) is 11.3 Å². The predicted molar refractivity (Wildman–Crippen MR) is 173 cm³/mol. The highest BCUT2D eigenvalue weighted by atomic mass is 15.3. The third-order valence-corrected chi connectivity index (χ3v) is 7.78. The molecule has 4 nitrogen and oxygen atoms in total. The lowest BCUT2D eigenvalue weighted by Gasteiger charge is -2.29. The van der Waals surface area contributed by atoms with E-state index in [0.717, 1.165) is 51.0 Å². The molecule has 0 unspecified atom stereocenters. The monoisotopic (exact) mass is 538 g/mol. The summed E-state index contributed by atoms with van der Waals surface area (Å²) in [4.78, 5) is 15.2. The topological polar surface area (TPSA) is 32.3 Å². The van der Waals surface area contributed by atoms with Crippen LogP contribution in [0.1, 0.15) is 0 Å². The fourth-order valence-corrected chi connectivity index (χ4v) is 5.97. The van der Waals surface area contributed by atoms with Crippen LogP contribution in [0.2, 0.25) is 0 Å². The summed E-state index contributed by atoms with van der Waals surface area (Å²) >= 11 is 0. The van der Waals surface area contributed by atoms with Gasteiger partial charge in [0.2, 0.25) is 5.95 Å². The predicted octanol–water partition coefficient (Wildman–Crippen LogP) is 10.2. The van der Waals surface area contributed by atoms with Crippen LogP contribution in [0.3, 0.4) is 0 Å². The van der Waals surface area contributed by atoms with E-state index in [1.807, 2.05) is 24.3 Å². The molecule has 0 bridgehead atoms. The van der Waals surface area contributed by atoms with Crippen LogP contribution in [0.25, 0.3) is 33.2 Å². The van der Waals surface area contributed by atoms with Crippen molar-refractivity contribution >= 4 is 45.3 Å². The number of para-hydroxylation sites is 4. The van der Waals surface area contributed by atoms with E-state index in [1.54, 1.807) is 0 Å². The molecule has 0 amide bonds. The van der Waals surface area contributed by atoms with Crippen molar-refractivity contribution in [3.05, 3.63) is 158 Å². The fourth-order valence-electron chi connectivity index (χ4n) is 5.97. The normalized spacial score (nSPS) is 11.3. The van der Waals surface area contributed by atoms with Crippen LogP contribution in [0.4, 0.5) is 34.5 Å². The van der Waals surface area contributed by atoms with E-state index in [-0.39, 0.29) is 0 Å². The van der Waals surface area contributed by atoms with Gasteiger partial charge in [0, 0.05) is 28.3 Å². The Morgan fingerprint density at radius 1 is 0.381 bits per heavy atom. The van der Waals surface area contributed by atoms with Crippen molar-refractivity contribution in [2.45, 2.75) is 0 Å². The van der Waals surface area contributed by atoms with Crippen LogP contribution in [-0.4, -0.2) is 9.97 Å². The second-order valence-corrected chi connectivity index (χ2v) is 10.3. The number of aromatic nitrogens is 2. The molecule has 0 saturated carbocycles. The van der Waals surface area contributed by atoms with E-state index in [9.17, 15) is 0 Å². The van der Waals surface area contributed by atoms with Crippen LogP contribution in [0.15, 0.2) is 158 Å². The minimum atomic E-state index is 0.614. The highest BCUT2D eigenvalue weighted by Crippen LogP contribution is 2.53. The number of hydrogen-bond donors (Lipinski definition) is 0. The quantitative estimate of drug-likeness (QED) is 0.211. The zero-order valence-corrected chi connectivity index (χ0v) is 22.8. The third-order valence-electron chi connectivity index (χ3n) is 7.78. The van der Waals surface area contributed by atoms with Crippen molar-refractivity contribution in [1.82, 2.24) is 9.97 Å². The van der Waals surface area contributed by atoms with E-state index < -0.39 is 0 Å². The molecule has 0 saturated heterocycles. The largest absolute Gasteiger partial charge is 0.294 e. The molecule has 1 aliphatic rings. The number of rotatable bonds is 6. The van der Waals surface area contributed by atoms with E-state index in [4.69, 9.17) is 9.97 Å². The molecule has 198 valence electrons. The lowest BCUT2D eigenvalue weighted by Crippen LogP contribution is -2.18. The standard InChI is InChI=1S/C38H26N4/c1-5-17-28(18-6-1)41(29-19-7-2-8-20-29)37-35-32-25-13-15-27-16-14-26-33(34(27)32)36(35)39-38(40-37)42(30-21-9-3-10-22-30)31-23-11-4-12-24-31/h1-26H. The van der Waals surface area contributed by atoms with Gasteiger partial charge in [-0.25, -0.2) is 4.98 Å². The summed E-state index contributed by atoms with van der Waals surface area (Å²) in [5, 5.41) is 2.42. The first kappa shape index (κ1) is 24.1. The second-order valence-electron chi connectivity index (χ2n) is 10.3. The smallest absolute Gasteiger partial charge is 0.237 e. The van der Waals surface area contributed by atoms with Gasteiger partial charge in [-0.05, 0) is 64.9 Å². The first-order chi connectivity index (χ1) is 20.9. The summed E-state index contributed by atoms with van der Waals surface area (Å²) in [6.07, 6.45) is 0. The Labute approximate surface area is 244 Å². The summed E-state index contributed by atoms with van der Waals surface area (Å²) < 4.78 is 0. The van der Waals surface area contributed by atoms with Gasteiger partial charge in [0.15, 0.2) is 5.82 Å². The van der Waals surface area contributed by atoms with Gasteiger partial charge < -0.3 is 0 Å². The lowest BCUT2D eigenvalue weighted by atomic mass is 10.0. The first-order valence-corrected chi connectivity index (χ1v) is 14.1. The van der Waals surface area contributed by atoms with Crippen LogP contribution in [-0.2, 0) is 0 Å². The van der Waals surface area contributed by atoms with Crippen LogP contribution >= 0.6 is 0 Å². The highest BCUT2D eigenvalue weighted by molar-refractivity contribution is 6.17. The molecule has 8 rings (SSSR count). The number of hydrogen-bond acceptors (Lipinski definition) is 4. The Morgan fingerprint density at radius 2 is 0.833 bits per heavy atom. The Morgan fingerprint density at radius 3 is 1.33 bits per heavy atom. The van der Waals surface area contributed by atoms with Gasteiger partial charge in [-0.15, -0.1) is 0 Å². The maximum Gasteiger partial charge on any atom is 0.237 e. The molecule has 1 aromatic heterocycles. The molecule has 7 aromatic rings. The maximum atomic E-state index is 5.46. The van der Waals surface area contributed by atoms with Crippen molar-refractivity contribution in [2.24, 2.45) is 0 Å². The minimum Gasteiger partial charge on any atom is -0.294 e. The van der Waals surface area contributed by atoms with Gasteiger partial charge in [-0.2, -0.15) is 4.98 Å². The van der Waals surface area contributed by atoms with E-state index >= 15 is 0 Å². The minimum absolute atomic E-state index is 0.614. The summed E-state index contributed by atoms with van der Waals surface area (Å²) in [6.45, 7) is 0. The molecule has 0 fully saturated rings. The molecule has 0 atom stereocenters. The fraction of sp³-hybridized carbons (Fsp3) is 0. The molecule has 1 aliphatic carbocycles. The zero-order chi connectivity index (χ0) is 27.9. The zero-order valence-electron chi connectivity index (χ0n) is 22.8. The molecular formula is C38H26N4. The van der Waals surface area contributed by atoms with Gasteiger partial charge in [-0.1, -0.05) is 109 Å². The Bertz CT molecular complexity index is 1940. The van der Waals surface area contributed by atoms with E-state index in [1.165, 1.54) is 10.8 Å². The van der Waals surface area contributed by atoms with Crippen LogP contribution in [0.5, 0.6) is 0 Å². The van der Waals surface area contributed by atoms with Crippen molar-refractivity contribution < 1.29 is 0 Å². The Kier molecular flexibility index (Phi) is 5.75. The van der Waals surface area contributed by atoms with E-state index in [2.05, 4.69) is 143 Å². The number of anilines is 6. The number of fused-ring (bicyclic) bond motifs is 3. The maximum absolute atomic E-state index is 5.46. The molecule has 6 aromatic carbocycles. The molecule has 0 spiro atoms. The van der Waals surface area contributed by atoms with Gasteiger partial charge in [-0.3, -0.25) is 9.80 Å². The molecule has 1 heterocycles. The summed E-state index contributed by atoms with van der Waals surface area (Å²) in [5.74, 6) is 1.45. The Hall–Kier alpha value is -5.74. The summed E-state index contributed by atoms with van der Waals surface area (Å²) in [6, 6.07) is 54.6. The molecule has 42 heavy (non-hydrogen) atoms. The molecule has 4 heteroatoms. The van der Waals surface area contributed by atoms with Crippen molar-refractivity contribution in [2.75, 3.05) is 9.80 Å². The van der Waals surface area contributed by atoms with Gasteiger partial charge in [0.1, 0.15) is 0 Å². The first-order valence-electron chi connectivity index (χ1n) is 14.1. The summed E-state index contributed by atoms with van der Waals surface area (Å²) in [7, 11) is 0. The highest BCUT2D eigenvalue weighted by Gasteiger charge is 2.32. The summed E-state index contributed by atoms with van der Waals surface area (Å²) in [5.41, 5.74) is 8.32. The number of benzene rings is 6. The van der Waals surface area contributed by atoms with Crippen molar-refractivity contribution in [3.8, 4) is 22.4 Å². The van der Waals surface area contributed by atoms with Crippen LogP contribution in [0, 0.1) is 0 Å². The molecular weight excluding hydrogens is 512 g/mol. The molecule has 0 N–H and O–H groups in total. The second kappa shape index (κ2) is 10.0. The van der Waals surface area contributed by atoms with E-state index in [0.29, 0.717) is 5.95 Å². The van der Waals surface area contributed by atoms with Gasteiger partial charge in [0.25, 0.3) is 0 Å². The molecule has 0 aliphatic heterocycles. The molecule has 0 radical (unpaired) electrons. The van der Waals surface area contributed by atoms with Crippen molar-refractivity contribution in [3.63, 3.8) is 0 Å². The van der Waals surface area contributed by atoms with Crippen molar-refractivity contribution in [1.29, 1.82) is 0 Å². The van der Waals surface area contributed by atoms with Crippen LogP contribution < -0.4 is 9.80 Å². The number of nitrogens with zero attached hydrogens (tertiary/aromatic N) is 4. The lowest BCUT2D eigenvalue weighted by molar-refractivity contribution is 1.07. The Balaban J connectivity index is 1.48. The third kappa shape index (κ3) is 3.93. The van der Waals surface area contributed by atoms with Gasteiger partial charge >= 0.3 is 0 Å².